The van der Waals surface area contributed by atoms with Gasteiger partial charge in [0.1, 0.15) is 0 Å². The molecule has 1 heteroatoms. The van der Waals surface area contributed by atoms with Gasteiger partial charge in [-0.25, -0.2) is 0 Å². The van der Waals surface area contributed by atoms with Crippen LogP contribution in [0.2, 0.25) is 0 Å². The fraction of sp³-hybridized carbons (Fsp3) is 0.0741. The largest absolute Gasteiger partial charge is 0.289 e. The van der Waals surface area contributed by atoms with Crippen LogP contribution in [0, 0.1) is 13.8 Å². The van der Waals surface area contributed by atoms with Crippen molar-refractivity contribution >= 4 is 5.78 Å². The maximum absolute atomic E-state index is 12.7. The van der Waals surface area contributed by atoms with Gasteiger partial charge >= 0.3 is 0 Å². The molecule has 0 spiro atoms. The second kappa shape index (κ2) is 7.66. The minimum Gasteiger partial charge on any atom is -0.289 e. The maximum Gasteiger partial charge on any atom is 0.193 e. The SMILES string of the molecule is Cc1ccc(C(=O)c2ccc(-c3ccccc3-c3ccc(C)cc3)cc2)cc1. The van der Waals surface area contributed by atoms with Crippen molar-refractivity contribution in [2.45, 2.75) is 13.8 Å². The number of hydrogen-bond donors (Lipinski definition) is 0. The molecule has 28 heavy (non-hydrogen) atoms. The summed E-state index contributed by atoms with van der Waals surface area (Å²) in [7, 11) is 0. The third kappa shape index (κ3) is 3.65. The van der Waals surface area contributed by atoms with Gasteiger partial charge in [-0.05, 0) is 36.1 Å². The summed E-state index contributed by atoms with van der Waals surface area (Å²) >= 11 is 0. The van der Waals surface area contributed by atoms with Gasteiger partial charge in [0.05, 0.1) is 0 Å². The fourth-order valence-corrected chi connectivity index (χ4v) is 3.39. The molecule has 0 atom stereocenters. The van der Waals surface area contributed by atoms with Gasteiger partial charge in [-0.2, -0.15) is 0 Å². The van der Waals surface area contributed by atoms with Crippen molar-refractivity contribution in [2.24, 2.45) is 0 Å². The molecule has 0 amide bonds. The van der Waals surface area contributed by atoms with Gasteiger partial charge in [0.25, 0.3) is 0 Å². The van der Waals surface area contributed by atoms with Crippen molar-refractivity contribution in [1.82, 2.24) is 0 Å². The van der Waals surface area contributed by atoms with Crippen molar-refractivity contribution in [3.05, 3.63) is 119 Å². The van der Waals surface area contributed by atoms with Gasteiger partial charge < -0.3 is 0 Å². The highest BCUT2D eigenvalue weighted by atomic mass is 16.1. The molecule has 0 aliphatic rings. The first-order valence-corrected chi connectivity index (χ1v) is 9.50. The minimum absolute atomic E-state index is 0.0540. The molecule has 0 fully saturated rings. The molecule has 0 saturated carbocycles. The molecule has 0 aliphatic heterocycles. The Balaban J connectivity index is 1.67. The molecule has 0 aliphatic carbocycles. The summed E-state index contributed by atoms with van der Waals surface area (Å²) in [6.45, 7) is 4.12. The summed E-state index contributed by atoms with van der Waals surface area (Å²) in [5, 5.41) is 0. The Morgan fingerprint density at radius 1 is 0.500 bits per heavy atom. The molecule has 4 aromatic carbocycles. The number of rotatable bonds is 4. The van der Waals surface area contributed by atoms with Gasteiger partial charge in [-0.15, -0.1) is 0 Å². The molecule has 0 bridgehead atoms. The van der Waals surface area contributed by atoms with E-state index in [2.05, 4.69) is 55.5 Å². The highest BCUT2D eigenvalue weighted by Crippen LogP contribution is 2.32. The first-order chi connectivity index (χ1) is 13.6. The Bertz CT molecular complexity index is 1100. The van der Waals surface area contributed by atoms with E-state index in [-0.39, 0.29) is 5.78 Å². The van der Waals surface area contributed by atoms with E-state index in [4.69, 9.17) is 0 Å². The topological polar surface area (TPSA) is 17.1 Å². The second-order valence-corrected chi connectivity index (χ2v) is 7.18. The number of carbonyl (C=O) groups is 1. The maximum atomic E-state index is 12.7. The van der Waals surface area contributed by atoms with Crippen molar-refractivity contribution in [3.63, 3.8) is 0 Å². The van der Waals surface area contributed by atoms with Crippen LogP contribution in [0.15, 0.2) is 97.1 Å². The molecular weight excluding hydrogens is 340 g/mol. The normalized spacial score (nSPS) is 10.6. The zero-order valence-electron chi connectivity index (χ0n) is 16.1. The number of aryl methyl sites for hydroxylation is 2. The standard InChI is InChI=1S/C27H22O/c1-19-7-11-21(12-8-19)25-5-3-4-6-26(25)22-15-17-24(18-16-22)27(28)23-13-9-20(2)10-14-23/h3-18H,1-2H3. The van der Waals surface area contributed by atoms with Crippen LogP contribution < -0.4 is 0 Å². The lowest BCUT2D eigenvalue weighted by Gasteiger charge is -2.11. The van der Waals surface area contributed by atoms with E-state index < -0.39 is 0 Å². The molecule has 0 N–H and O–H groups in total. The van der Waals surface area contributed by atoms with Crippen molar-refractivity contribution in [2.75, 3.05) is 0 Å². The Hall–Kier alpha value is -3.45. The molecule has 0 unspecified atom stereocenters. The van der Waals surface area contributed by atoms with Gasteiger partial charge in [0.2, 0.25) is 0 Å². The number of hydrogen-bond acceptors (Lipinski definition) is 1. The lowest BCUT2D eigenvalue weighted by Crippen LogP contribution is -2.01. The van der Waals surface area contributed by atoms with E-state index >= 15 is 0 Å². The van der Waals surface area contributed by atoms with Crippen LogP contribution in [0.25, 0.3) is 22.3 Å². The quantitative estimate of drug-likeness (QED) is 0.362. The first kappa shape index (κ1) is 17.9. The van der Waals surface area contributed by atoms with E-state index in [9.17, 15) is 4.79 Å². The Morgan fingerprint density at radius 2 is 0.857 bits per heavy atom. The summed E-state index contributed by atoms with van der Waals surface area (Å²) in [4.78, 5) is 12.7. The Labute approximate surface area is 166 Å². The lowest BCUT2D eigenvalue weighted by molar-refractivity contribution is 0.103. The summed E-state index contributed by atoms with van der Waals surface area (Å²) in [6, 6.07) is 32.6. The van der Waals surface area contributed by atoms with E-state index in [1.54, 1.807) is 0 Å². The average molecular weight is 362 g/mol. The minimum atomic E-state index is 0.0540. The molecule has 0 saturated heterocycles. The monoisotopic (exact) mass is 362 g/mol. The second-order valence-electron chi connectivity index (χ2n) is 7.18. The van der Waals surface area contributed by atoms with Gasteiger partial charge in [0.15, 0.2) is 5.78 Å². The lowest BCUT2D eigenvalue weighted by atomic mass is 9.93. The summed E-state index contributed by atoms with van der Waals surface area (Å²) < 4.78 is 0. The van der Waals surface area contributed by atoms with E-state index in [1.807, 2.05) is 55.5 Å². The van der Waals surface area contributed by atoms with Gasteiger partial charge in [-0.3, -0.25) is 4.79 Å². The van der Waals surface area contributed by atoms with Crippen molar-refractivity contribution in [1.29, 1.82) is 0 Å². The van der Waals surface area contributed by atoms with Crippen LogP contribution in [0.5, 0.6) is 0 Å². The Morgan fingerprint density at radius 3 is 1.32 bits per heavy atom. The van der Waals surface area contributed by atoms with Crippen LogP contribution in [0.4, 0.5) is 0 Å². The van der Waals surface area contributed by atoms with Crippen LogP contribution in [0.1, 0.15) is 27.0 Å². The molecule has 4 rings (SSSR count). The fourth-order valence-electron chi connectivity index (χ4n) is 3.39. The molecule has 0 heterocycles. The van der Waals surface area contributed by atoms with E-state index in [0.29, 0.717) is 5.56 Å². The number of carbonyl (C=O) groups excluding carboxylic acids is 1. The number of benzene rings is 4. The molecule has 136 valence electrons. The highest BCUT2D eigenvalue weighted by Gasteiger charge is 2.11. The summed E-state index contributed by atoms with van der Waals surface area (Å²) in [5.41, 5.74) is 8.50. The van der Waals surface area contributed by atoms with Crippen molar-refractivity contribution < 1.29 is 4.79 Å². The zero-order chi connectivity index (χ0) is 19.5. The van der Waals surface area contributed by atoms with Crippen molar-refractivity contribution in [3.8, 4) is 22.3 Å². The van der Waals surface area contributed by atoms with Crippen LogP contribution >= 0.6 is 0 Å². The summed E-state index contributed by atoms with van der Waals surface area (Å²) in [6.07, 6.45) is 0. The van der Waals surface area contributed by atoms with Crippen LogP contribution in [-0.2, 0) is 0 Å². The molecule has 0 aromatic heterocycles. The smallest absolute Gasteiger partial charge is 0.193 e. The number of ketones is 1. The molecule has 1 nitrogen and oxygen atoms in total. The van der Waals surface area contributed by atoms with Gasteiger partial charge in [-0.1, -0.05) is 108 Å². The van der Waals surface area contributed by atoms with Crippen LogP contribution in [-0.4, -0.2) is 5.78 Å². The van der Waals surface area contributed by atoms with E-state index in [0.717, 1.165) is 16.7 Å². The predicted octanol–water partition coefficient (Wildman–Crippen LogP) is 6.87. The van der Waals surface area contributed by atoms with E-state index in [1.165, 1.54) is 22.3 Å². The van der Waals surface area contributed by atoms with Crippen LogP contribution in [0.3, 0.4) is 0 Å². The highest BCUT2D eigenvalue weighted by molar-refractivity contribution is 6.09. The average Bonchev–Trinajstić information content (AvgIpc) is 2.74. The Kier molecular flexibility index (Phi) is 4.90. The third-order valence-electron chi connectivity index (χ3n) is 5.06. The summed E-state index contributed by atoms with van der Waals surface area (Å²) in [5.74, 6) is 0.0540. The molecule has 4 aromatic rings. The van der Waals surface area contributed by atoms with Gasteiger partial charge in [0, 0.05) is 11.1 Å². The first-order valence-electron chi connectivity index (χ1n) is 9.50. The zero-order valence-corrected chi connectivity index (χ0v) is 16.1. The molecule has 0 radical (unpaired) electrons. The third-order valence-corrected chi connectivity index (χ3v) is 5.06. The predicted molar refractivity (Wildman–Crippen MR) is 117 cm³/mol. The molecular formula is C27H22O.